The van der Waals surface area contributed by atoms with Gasteiger partial charge in [-0.15, -0.1) is 0 Å². The van der Waals surface area contributed by atoms with Gasteiger partial charge in [0.1, 0.15) is 11.6 Å². The number of carbonyl (C=O) groups excluding carboxylic acids is 2. The van der Waals surface area contributed by atoms with Crippen LogP contribution in [0.5, 0.6) is 0 Å². The van der Waals surface area contributed by atoms with E-state index in [0.717, 1.165) is 12.8 Å². The molecule has 0 atom stereocenters. The SMILES string of the molecule is CC(C)(C)NC(CCC(=O)C(C)(C)C)CCC(=O)C(C)(C)C. The maximum absolute atomic E-state index is 12.1. The highest BCUT2D eigenvalue weighted by Gasteiger charge is 2.26. The first-order valence-corrected chi connectivity index (χ1v) is 8.47. The van der Waals surface area contributed by atoms with E-state index < -0.39 is 0 Å². The lowest BCUT2D eigenvalue weighted by atomic mass is 9.84. The molecule has 0 aromatic heterocycles. The Morgan fingerprint density at radius 3 is 1.27 bits per heavy atom. The van der Waals surface area contributed by atoms with Crippen molar-refractivity contribution in [2.45, 2.75) is 99.6 Å². The van der Waals surface area contributed by atoms with Crippen molar-refractivity contribution in [3.63, 3.8) is 0 Å². The van der Waals surface area contributed by atoms with Crippen LogP contribution in [0.3, 0.4) is 0 Å². The minimum absolute atomic E-state index is 0.0137. The highest BCUT2D eigenvalue weighted by Crippen LogP contribution is 2.22. The molecule has 3 nitrogen and oxygen atoms in total. The zero-order valence-electron chi connectivity index (χ0n) is 16.2. The van der Waals surface area contributed by atoms with Gasteiger partial charge in [-0.2, -0.15) is 0 Å². The minimum atomic E-state index is -0.284. The van der Waals surface area contributed by atoms with Gasteiger partial charge in [-0.1, -0.05) is 41.5 Å². The molecule has 22 heavy (non-hydrogen) atoms. The van der Waals surface area contributed by atoms with Crippen LogP contribution in [-0.4, -0.2) is 23.1 Å². The third-order valence-electron chi connectivity index (χ3n) is 3.75. The standard InChI is InChI=1S/C19H37NO2/c1-17(2,3)15(21)12-10-14(20-19(7,8)9)11-13-16(22)18(4,5)6/h14,20H,10-13H2,1-9H3. The fourth-order valence-corrected chi connectivity index (χ4v) is 2.26. The number of rotatable bonds is 7. The Balaban J connectivity index is 4.65. The first kappa shape index (κ1) is 21.3. The second-order valence-corrected chi connectivity index (χ2v) is 9.51. The van der Waals surface area contributed by atoms with E-state index in [-0.39, 0.29) is 34.0 Å². The summed E-state index contributed by atoms with van der Waals surface area (Å²) >= 11 is 0. The highest BCUT2D eigenvalue weighted by molar-refractivity contribution is 5.84. The van der Waals surface area contributed by atoms with Gasteiger partial charge in [0.25, 0.3) is 0 Å². The zero-order valence-corrected chi connectivity index (χ0v) is 16.2. The Hall–Kier alpha value is -0.700. The molecule has 0 radical (unpaired) electrons. The number of nitrogens with one attached hydrogen (secondary N) is 1. The van der Waals surface area contributed by atoms with Gasteiger partial charge >= 0.3 is 0 Å². The average Bonchev–Trinajstić information content (AvgIpc) is 2.27. The summed E-state index contributed by atoms with van der Waals surface area (Å²) in [6.07, 6.45) is 2.73. The molecule has 0 aliphatic rings. The van der Waals surface area contributed by atoms with Crippen LogP contribution in [0.15, 0.2) is 0 Å². The Bertz CT molecular complexity index is 348. The number of carbonyl (C=O) groups is 2. The summed E-state index contributed by atoms with van der Waals surface area (Å²) in [6.45, 7) is 18.1. The Labute approximate surface area is 137 Å². The van der Waals surface area contributed by atoms with Crippen molar-refractivity contribution in [1.82, 2.24) is 5.32 Å². The quantitative estimate of drug-likeness (QED) is 0.751. The third kappa shape index (κ3) is 9.34. The first-order valence-electron chi connectivity index (χ1n) is 8.47. The number of Topliss-reactive ketones (excluding diaryl/α,β-unsaturated/α-hetero) is 2. The number of hydrogen-bond acceptors (Lipinski definition) is 3. The molecule has 0 heterocycles. The molecule has 130 valence electrons. The molecule has 0 saturated carbocycles. The van der Waals surface area contributed by atoms with Crippen LogP contribution in [-0.2, 0) is 9.59 Å². The molecule has 0 aliphatic carbocycles. The van der Waals surface area contributed by atoms with Gasteiger partial charge in [0.05, 0.1) is 0 Å². The van der Waals surface area contributed by atoms with E-state index in [2.05, 4.69) is 26.1 Å². The summed E-state index contributed by atoms with van der Waals surface area (Å²) in [6, 6.07) is 0.206. The summed E-state index contributed by atoms with van der Waals surface area (Å²) in [5, 5.41) is 3.57. The normalized spacial score (nSPS) is 13.5. The van der Waals surface area contributed by atoms with Gasteiger partial charge in [-0.25, -0.2) is 0 Å². The molecule has 3 heteroatoms. The van der Waals surface area contributed by atoms with E-state index in [9.17, 15) is 9.59 Å². The lowest BCUT2D eigenvalue weighted by molar-refractivity contribution is -0.126. The van der Waals surface area contributed by atoms with Crippen LogP contribution in [0.1, 0.15) is 88.0 Å². The van der Waals surface area contributed by atoms with E-state index in [1.165, 1.54) is 0 Å². The molecular formula is C19H37NO2. The van der Waals surface area contributed by atoms with Crippen LogP contribution in [0, 0.1) is 10.8 Å². The Kier molecular flexibility index (Phi) is 7.47. The van der Waals surface area contributed by atoms with Crippen LogP contribution < -0.4 is 5.32 Å². The molecule has 0 aliphatic heterocycles. The minimum Gasteiger partial charge on any atom is -0.309 e. The van der Waals surface area contributed by atoms with Crippen LogP contribution in [0.2, 0.25) is 0 Å². The second kappa shape index (κ2) is 7.72. The van der Waals surface area contributed by atoms with E-state index in [1.54, 1.807) is 0 Å². The smallest absolute Gasteiger partial charge is 0.138 e. The molecule has 0 spiro atoms. The van der Waals surface area contributed by atoms with Gasteiger partial charge in [-0.05, 0) is 33.6 Å². The van der Waals surface area contributed by atoms with Crippen LogP contribution >= 0.6 is 0 Å². The van der Waals surface area contributed by atoms with Crippen molar-refractivity contribution in [3.8, 4) is 0 Å². The summed E-state index contributed by atoms with van der Waals surface area (Å²) in [5.41, 5.74) is -0.582. The van der Waals surface area contributed by atoms with Crippen molar-refractivity contribution in [2.24, 2.45) is 10.8 Å². The topological polar surface area (TPSA) is 46.2 Å². The molecule has 0 bridgehead atoms. The van der Waals surface area contributed by atoms with Crippen molar-refractivity contribution in [3.05, 3.63) is 0 Å². The molecule has 0 fully saturated rings. The first-order chi connectivity index (χ1) is 9.63. The predicted molar refractivity (Wildman–Crippen MR) is 94.1 cm³/mol. The third-order valence-corrected chi connectivity index (χ3v) is 3.75. The monoisotopic (exact) mass is 311 g/mol. The van der Waals surface area contributed by atoms with Crippen LogP contribution in [0.4, 0.5) is 0 Å². The Morgan fingerprint density at radius 1 is 0.727 bits per heavy atom. The van der Waals surface area contributed by atoms with Crippen molar-refractivity contribution in [1.29, 1.82) is 0 Å². The maximum Gasteiger partial charge on any atom is 0.138 e. The van der Waals surface area contributed by atoms with Crippen molar-refractivity contribution < 1.29 is 9.59 Å². The van der Waals surface area contributed by atoms with Crippen molar-refractivity contribution >= 4 is 11.6 Å². The van der Waals surface area contributed by atoms with Crippen molar-refractivity contribution in [2.75, 3.05) is 0 Å². The summed E-state index contributed by atoms with van der Waals surface area (Å²) in [5.74, 6) is 0.575. The molecule has 0 rings (SSSR count). The molecule has 0 saturated heterocycles. The molecular weight excluding hydrogens is 274 g/mol. The van der Waals surface area contributed by atoms with Crippen LogP contribution in [0.25, 0.3) is 0 Å². The van der Waals surface area contributed by atoms with Gasteiger partial charge in [0.2, 0.25) is 0 Å². The van der Waals surface area contributed by atoms with Gasteiger partial charge < -0.3 is 5.32 Å². The van der Waals surface area contributed by atoms with E-state index in [1.807, 2.05) is 41.5 Å². The number of hydrogen-bond donors (Lipinski definition) is 1. The fraction of sp³-hybridized carbons (Fsp3) is 0.895. The molecule has 0 aromatic carbocycles. The summed E-state index contributed by atoms with van der Waals surface area (Å²) in [7, 11) is 0. The molecule has 0 aromatic rings. The molecule has 0 unspecified atom stereocenters. The van der Waals surface area contributed by atoms with Gasteiger partial charge in [-0.3, -0.25) is 9.59 Å². The number of ketones is 2. The Morgan fingerprint density at radius 2 is 1.05 bits per heavy atom. The predicted octanol–water partition coefficient (Wildman–Crippen LogP) is 4.53. The lowest BCUT2D eigenvalue weighted by Gasteiger charge is -2.30. The molecule has 1 N–H and O–H groups in total. The molecule has 0 amide bonds. The average molecular weight is 312 g/mol. The highest BCUT2D eigenvalue weighted by atomic mass is 16.1. The fourth-order valence-electron chi connectivity index (χ4n) is 2.26. The van der Waals surface area contributed by atoms with E-state index in [4.69, 9.17) is 0 Å². The lowest BCUT2D eigenvalue weighted by Crippen LogP contribution is -2.44. The summed E-state index contributed by atoms with van der Waals surface area (Å²) in [4.78, 5) is 24.3. The summed E-state index contributed by atoms with van der Waals surface area (Å²) < 4.78 is 0. The van der Waals surface area contributed by atoms with E-state index >= 15 is 0 Å². The van der Waals surface area contributed by atoms with E-state index in [0.29, 0.717) is 12.8 Å². The van der Waals surface area contributed by atoms with Gasteiger partial charge in [0, 0.05) is 35.3 Å². The largest absolute Gasteiger partial charge is 0.309 e. The second-order valence-electron chi connectivity index (χ2n) is 9.51. The van der Waals surface area contributed by atoms with Gasteiger partial charge in [0.15, 0.2) is 0 Å². The maximum atomic E-state index is 12.1. The zero-order chi connectivity index (χ0) is 17.8.